The summed E-state index contributed by atoms with van der Waals surface area (Å²) in [6.45, 7) is 6.67. The first kappa shape index (κ1) is 23.6. The van der Waals surface area contributed by atoms with E-state index in [2.05, 4.69) is 13.8 Å². The van der Waals surface area contributed by atoms with Gasteiger partial charge in [-0.1, -0.05) is 38.1 Å². The molecule has 8 heteroatoms. The summed E-state index contributed by atoms with van der Waals surface area (Å²) in [5.74, 6) is -0.824. The van der Waals surface area contributed by atoms with Gasteiger partial charge in [-0.05, 0) is 49.1 Å². The third kappa shape index (κ3) is 3.91. The maximum atomic E-state index is 10.9. The molecule has 5 aliphatic rings. The zero-order chi connectivity index (χ0) is 21.1. The Hall–Kier alpha value is -0.510. The van der Waals surface area contributed by atoms with Gasteiger partial charge in [0.2, 0.25) is 5.79 Å². The fourth-order valence-electron chi connectivity index (χ4n) is 5.98. The molecular formula is C23H29NaO7. The van der Waals surface area contributed by atoms with Gasteiger partial charge in [0, 0.05) is 18.3 Å². The largest absolute Gasteiger partial charge is 1.00 e. The van der Waals surface area contributed by atoms with Gasteiger partial charge >= 0.3 is 29.6 Å². The van der Waals surface area contributed by atoms with Crippen LogP contribution in [0.25, 0.3) is 0 Å². The Bertz CT molecular complexity index is 817. The summed E-state index contributed by atoms with van der Waals surface area (Å²) in [4.78, 5) is 22.9. The van der Waals surface area contributed by atoms with Crippen LogP contribution in [0.15, 0.2) is 24.3 Å². The van der Waals surface area contributed by atoms with E-state index in [1.54, 1.807) is 12.1 Å². The topological polar surface area (TPSA) is 86.3 Å². The van der Waals surface area contributed by atoms with Gasteiger partial charge in [0.25, 0.3) is 0 Å². The molecule has 2 bridgehead atoms. The van der Waals surface area contributed by atoms with Crippen LogP contribution in [0.1, 0.15) is 62.4 Å². The summed E-state index contributed by atoms with van der Waals surface area (Å²) in [5.41, 5.74) is 0.433. The van der Waals surface area contributed by atoms with E-state index in [-0.39, 0.29) is 47.0 Å². The number of carboxylic acids is 1. The van der Waals surface area contributed by atoms with Crippen LogP contribution in [0.3, 0.4) is 0 Å². The number of rotatable bonds is 4. The van der Waals surface area contributed by atoms with E-state index in [0.29, 0.717) is 18.4 Å². The van der Waals surface area contributed by atoms with Crippen molar-refractivity contribution < 1.29 is 63.4 Å². The van der Waals surface area contributed by atoms with Crippen molar-refractivity contribution in [1.29, 1.82) is 0 Å². The molecule has 1 aliphatic carbocycles. The fraction of sp³-hybridized carbons (Fsp3) is 0.696. The molecule has 1 spiro atoms. The van der Waals surface area contributed by atoms with Gasteiger partial charge in [0.15, 0.2) is 18.2 Å². The van der Waals surface area contributed by atoms with Crippen LogP contribution < -0.4 is 34.7 Å². The van der Waals surface area contributed by atoms with Crippen molar-refractivity contribution in [2.24, 2.45) is 23.7 Å². The molecule has 164 valence electrons. The van der Waals surface area contributed by atoms with Crippen LogP contribution in [-0.2, 0) is 30.6 Å². The Kier molecular flexibility index (Phi) is 6.63. The molecule has 7 nitrogen and oxygen atoms in total. The third-order valence-corrected chi connectivity index (χ3v) is 7.70. The second-order valence-corrected chi connectivity index (χ2v) is 9.57. The van der Waals surface area contributed by atoms with Crippen molar-refractivity contribution in [3.63, 3.8) is 0 Å². The standard InChI is InChI=1S/C23H30O7.Na/c1-13-4-9-18-14(2)20(26-12-15-5-7-16(8-6-15)19(24)25)27-21-23(18)17(13)10-11-22(3,28-21)29-30-23;/h5-8,13-14,17-18,20-21H,4,9-12H2,1-3H3,(H,24,25);/q;+1/p-1/t13-,14-,17+,18+,20+,21-,22+,23-;/m1./s1. The molecule has 1 saturated carbocycles. The molecular weight excluding hydrogens is 411 g/mol. The van der Waals surface area contributed by atoms with Crippen molar-refractivity contribution in [1.82, 2.24) is 0 Å². The normalized spacial score (nSPS) is 43.5. The monoisotopic (exact) mass is 440 g/mol. The molecule has 4 heterocycles. The average Bonchev–Trinajstić information content (AvgIpc) is 2.96. The molecule has 1 aromatic rings. The summed E-state index contributed by atoms with van der Waals surface area (Å²) < 4.78 is 18.9. The zero-order valence-corrected chi connectivity index (χ0v) is 20.7. The molecule has 31 heavy (non-hydrogen) atoms. The number of carbonyl (C=O) groups excluding carboxylic acids is 1. The second-order valence-electron chi connectivity index (χ2n) is 9.57. The number of carbonyl (C=O) groups is 1. The first-order chi connectivity index (χ1) is 14.3. The van der Waals surface area contributed by atoms with E-state index in [9.17, 15) is 9.90 Å². The molecule has 0 amide bonds. The Labute approximate surface area is 204 Å². The van der Waals surface area contributed by atoms with E-state index >= 15 is 0 Å². The van der Waals surface area contributed by atoms with Crippen LogP contribution in [0, 0.1) is 23.7 Å². The van der Waals surface area contributed by atoms with Gasteiger partial charge in [-0.25, -0.2) is 9.78 Å². The number of aromatic carboxylic acids is 1. The quantitative estimate of drug-likeness (QED) is 0.473. The van der Waals surface area contributed by atoms with Crippen molar-refractivity contribution in [3.05, 3.63) is 35.4 Å². The summed E-state index contributed by atoms with van der Waals surface area (Å²) >= 11 is 0. The first-order valence-electron chi connectivity index (χ1n) is 10.9. The summed E-state index contributed by atoms with van der Waals surface area (Å²) in [6, 6.07) is 6.53. The van der Waals surface area contributed by atoms with E-state index < -0.39 is 29.9 Å². The Morgan fingerprint density at radius 1 is 1.13 bits per heavy atom. The molecule has 5 fully saturated rings. The van der Waals surface area contributed by atoms with Gasteiger partial charge in [-0.15, -0.1) is 0 Å². The maximum absolute atomic E-state index is 10.9. The van der Waals surface area contributed by atoms with Crippen molar-refractivity contribution in [3.8, 4) is 0 Å². The van der Waals surface area contributed by atoms with Gasteiger partial charge < -0.3 is 24.1 Å². The van der Waals surface area contributed by atoms with E-state index in [1.165, 1.54) is 12.1 Å². The number of ether oxygens (including phenoxy) is 3. The molecule has 4 aliphatic heterocycles. The van der Waals surface area contributed by atoms with E-state index in [1.807, 2.05) is 6.92 Å². The van der Waals surface area contributed by atoms with Crippen molar-refractivity contribution >= 4 is 5.97 Å². The number of hydrogen-bond donors (Lipinski definition) is 0. The average molecular weight is 440 g/mol. The molecule has 0 unspecified atom stereocenters. The molecule has 0 aromatic heterocycles. The minimum atomic E-state index is -1.19. The Balaban J connectivity index is 0.00000231. The molecule has 0 N–H and O–H groups in total. The second kappa shape index (κ2) is 8.69. The summed E-state index contributed by atoms with van der Waals surface area (Å²) in [5, 5.41) is 10.9. The minimum absolute atomic E-state index is 0. The minimum Gasteiger partial charge on any atom is -0.545 e. The molecule has 4 saturated heterocycles. The Morgan fingerprint density at radius 2 is 1.87 bits per heavy atom. The van der Waals surface area contributed by atoms with Crippen molar-refractivity contribution in [2.75, 3.05) is 0 Å². The fourth-order valence-corrected chi connectivity index (χ4v) is 5.98. The predicted octanol–water partition coefficient (Wildman–Crippen LogP) is -0.221. The van der Waals surface area contributed by atoms with E-state index in [4.69, 9.17) is 24.0 Å². The van der Waals surface area contributed by atoms with Gasteiger partial charge in [0.05, 0.1) is 12.6 Å². The molecule has 8 atom stereocenters. The van der Waals surface area contributed by atoms with Crippen LogP contribution in [0.2, 0.25) is 0 Å². The molecule has 1 aromatic carbocycles. The summed E-state index contributed by atoms with van der Waals surface area (Å²) in [7, 11) is 0. The zero-order valence-electron chi connectivity index (χ0n) is 18.7. The number of fused-ring (bicyclic) bond motifs is 2. The summed E-state index contributed by atoms with van der Waals surface area (Å²) in [6.07, 6.45) is 2.97. The van der Waals surface area contributed by atoms with E-state index in [0.717, 1.165) is 31.2 Å². The number of carboxylic acid groups (broad SMARTS) is 1. The maximum Gasteiger partial charge on any atom is 1.00 e. The molecule has 0 radical (unpaired) electrons. The van der Waals surface area contributed by atoms with Crippen LogP contribution >= 0.6 is 0 Å². The van der Waals surface area contributed by atoms with Crippen molar-refractivity contribution in [2.45, 2.75) is 77.0 Å². The smallest absolute Gasteiger partial charge is 0.545 e. The van der Waals surface area contributed by atoms with Crippen LogP contribution in [0.4, 0.5) is 0 Å². The van der Waals surface area contributed by atoms with Gasteiger partial charge in [0.1, 0.15) is 0 Å². The number of hydrogen-bond acceptors (Lipinski definition) is 7. The number of benzene rings is 1. The van der Waals surface area contributed by atoms with Crippen LogP contribution in [-0.4, -0.2) is 29.9 Å². The molecule has 6 rings (SSSR count). The van der Waals surface area contributed by atoms with Crippen LogP contribution in [0.5, 0.6) is 0 Å². The van der Waals surface area contributed by atoms with Gasteiger partial charge in [-0.3, -0.25) is 0 Å². The third-order valence-electron chi connectivity index (χ3n) is 7.70. The Morgan fingerprint density at radius 3 is 2.58 bits per heavy atom. The predicted molar refractivity (Wildman–Crippen MR) is 102 cm³/mol. The first-order valence-corrected chi connectivity index (χ1v) is 10.9. The van der Waals surface area contributed by atoms with Gasteiger partial charge in [-0.2, -0.15) is 0 Å². The SMILES string of the molecule is C[C@H]1[C@@H](OCc2ccc(C(=O)[O-])cc2)O[C@@H]2O[C@]3(C)CC[C@H]4[C@H](C)CC[C@@H]1[C@@]24OO3.[Na+].